The molecule has 0 unspecified atom stereocenters. The normalized spacial score (nSPS) is 14.3. The number of aliphatic hydroxyl groups excluding tert-OH is 1. The summed E-state index contributed by atoms with van der Waals surface area (Å²) in [5.74, 6) is -1.59. The highest BCUT2D eigenvalue weighted by Gasteiger charge is 2.31. The molecule has 3 N–H and O–H groups in total. The lowest BCUT2D eigenvalue weighted by molar-refractivity contribution is -0.384. The van der Waals surface area contributed by atoms with Gasteiger partial charge in [-0.25, -0.2) is 0 Å². The number of rotatable bonds is 5. The number of carbonyl (C=O) groups is 2. The molecule has 0 atom stereocenters. The third-order valence-electron chi connectivity index (χ3n) is 2.79. The van der Waals surface area contributed by atoms with E-state index in [1.54, 1.807) is 0 Å². The van der Waals surface area contributed by atoms with Crippen molar-refractivity contribution < 1.29 is 24.7 Å². The molecule has 1 aromatic carbocycles. The molecule has 2 rings (SSSR count). The summed E-state index contributed by atoms with van der Waals surface area (Å²) in [4.78, 5) is 34.3. The zero-order valence-electron chi connectivity index (χ0n) is 10.6. The number of phenolic OH excluding ortho intramolecular Hbond substituents is 1. The van der Waals surface area contributed by atoms with Crippen molar-refractivity contribution in [3.8, 4) is 5.75 Å². The molecule has 21 heavy (non-hydrogen) atoms. The average molecular weight is 293 g/mol. The van der Waals surface area contributed by atoms with Crippen molar-refractivity contribution >= 4 is 23.2 Å². The molecule has 0 aliphatic carbocycles. The summed E-state index contributed by atoms with van der Waals surface area (Å²) in [6, 6.07) is 3.25. The number of nitro benzene ring substituents is 1. The van der Waals surface area contributed by atoms with Crippen molar-refractivity contribution in [3.05, 3.63) is 40.1 Å². The first-order chi connectivity index (χ1) is 9.93. The molecular weight excluding hydrogens is 282 g/mol. The summed E-state index contributed by atoms with van der Waals surface area (Å²) < 4.78 is 0. The summed E-state index contributed by atoms with van der Waals surface area (Å²) in [5, 5.41) is 31.6. The van der Waals surface area contributed by atoms with Gasteiger partial charge >= 0.3 is 0 Å². The van der Waals surface area contributed by atoms with Crippen molar-refractivity contribution in [1.82, 2.24) is 4.90 Å². The van der Waals surface area contributed by atoms with Gasteiger partial charge in [-0.1, -0.05) is 0 Å². The largest absolute Gasteiger partial charge is 0.506 e. The van der Waals surface area contributed by atoms with Crippen LogP contribution < -0.4 is 5.32 Å². The third kappa shape index (κ3) is 2.82. The maximum Gasteiger partial charge on any atom is 0.277 e. The number of anilines is 1. The second-order valence-corrected chi connectivity index (χ2v) is 4.16. The Morgan fingerprint density at radius 1 is 1.33 bits per heavy atom. The minimum Gasteiger partial charge on any atom is -0.506 e. The molecule has 0 fully saturated rings. The molecule has 0 spiro atoms. The fraction of sp³-hybridized carbons (Fsp3) is 0.167. The summed E-state index contributed by atoms with van der Waals surface area (Å²) in [6.07, 6.45) is 0.996. The van der Waals surface area contributed by atoms with Gasteiger partial charge in [0.1, 0.15) is 11.4 Å². The molecule has 110 valence electrons. The molecule has 1 aromatic rings. The van der Waals surface area contributed by atoms with Crippen LogP contribution in [-0.4, -0.2) is 45.0 Å². The maximum atomic E-state index is 11.9. The van der Waals surface area contributed by atoms with Gasteiger partial charge in [0, 0.05) is 18.2 Å². The van der Waals surface area contributed by atoms with Crippen LogP contribution in [0.4, 0.5) is 11.4 Å². The molecule has 9 nitrogen and oxygen atoms in total. The first kappa shape index (κ1) is 14.5. The van der Waals surface area contributed by atoms with E-state index < -0.39 is 16.7 Å². The fourth-order valence-electron chi connectivity index (χ4n) is 1.79. The molecule has 1 heterocycles. The Labute approximate surface area is 118 Å². The minimum absolute atomic E-state index is 0.0672. The number of β-amino-alcohol motifs (C(OH)–C–C–N with tert-alkyl or cyclic N) is 1. The van der Waals surface area contributed by atoms with Crippen LogP contribution in [0, 0.1) is 10.1 Å². The number of non-ortho nitro benzene ring substituents is 1. The number of nitrogens with zero attached hydrogens (tertiary/aromatic N) is 2. The van der Waals surface area contributed by atoms with Crippen molar-refractivity contribution in [2.75, 3.05) is 18.5 Å². The smallest absolute Gasteiger partial charge is 0.277 e. The van der Waals surface area contributed by atoms with E-state index in [1.807, 2.05) is 0 Å². The lowest BCUT2D eigenvalue weighted by Gasteiger charge is -2.13. The van der Waals surface area contributed by atoms with Crippen molar-refractivity contribution in [2.24, 2.45) is 0 Å². The number of nitrogens with one attached hydrogen (secondary N) is 1. The monoisotopic (exact) mass is 293 g/mol. The second kappa shape index (κ2) is 5.59. The van der Waals surface area contributed by atoms with Gasteiger partial charge in [0.2, 0.25) is 0 Å². The average Bonchev–Trinajstić information content (AvgIpc) is 2.69. The van der Waals surface area contributed by atoms with Crippen molar-refractivity contribution in [2.45, 2.75) is 0 Å². The van der Waals surface area contributed by atoms with Crippen molar-refractivity contribution in [3.63, 3.8) is 0 Å². The van der Waals surface area contributed by atoms with Gasteiger partial charge in [-0.05, 0) is 6.07 Å². The molecule has 0 saturated carbocycles. The number of nitro groups is 1. The van der Waals surface area contributed by atoms with E-state index in [4.69, 9.17) is 5.11 Å². The van der Waals surface area contributed by atoms with Crippen LogP contribution in [0.1, 0.15) is 0 Å². The van der Waals surface area contributed by atoms with Crippen LogP contribution >= 0.6 is 0 Å². The van der Waals surface area contributed by atoms with Crippen LogP contribution in [0.5, 0.6) is 5.75 Å². The fourth-order valence-corrected chi connectivity index (χ4v) is 1.79. The van der Waals surface area contributed by atoms with Gasteiger partial charge < -0.3 is 15.5 Å². The zero-order chi connectivity index (χ0) is 15.6. The Kier molecular flexibility index (Phi) is 3.85. The molecule has 0 aromatic heterocycles. The van der Waals surface area contributed by atoms with E-state index in [2.05, 4.69) is 5.32 Å². The highest BCUT2D eigenvalue weighted by atomic mass is 16.6. The Hall–Kier alpha value is -2.94. The molecule has 0 bridgehead atoms. The zero-order valence-corrected chi connectivity index (χ0v) is 10.6. The Morgan fingerprint density at radius 3 is 2.67 bits per heavy atom. The Balaban J connectivity index is 2.25. The lowest BCUT2D eigenvalue weighted by Crippen LogP contribution is -2.34. The van der Waals surface area contributed by atoms with Crippen LogP contribution in [0.2, 0.25) is 0 Å². The molecule has 0 saturated heterocycles. The van der Waals surface area contributed by atoms with Gasteiger partial charge in [-0.15, -0.1) is 0 Å². The van der Waals surface area contributed by atoms with Gasteiger partial charge in [-0.3, -0.25) is 24.6 Å². The molecule has 1 aliphatic rings. The lowest BCUT2D eigenvalue weighted by atomic mass is 10.2. The van der Waals surface area contributed by atoms with Crippen molar-refractivity contribution in [1.29, 1.82) is 0 Å². The number of aliphatic hydroxyl groups is 1. The van der Waals surface area contributed by atoms with Crippen LogP contribution in [0.3, 0.4) is 0 Å². The van der Waals surface area contributed by atoms with Crippen LogP contribution in [0.25, 0.3) is 0 Å². The quantitative estimate of drug-likeness (QED) is 0.300. The first-order valence-electron chi connectivity index (χ1n) is 5.87. The van der Waals surface area contributed by atoms with E-state index in [0.717, 1.165) is 29.2 Å². The number of hydrogen-bond donors (Lipinski definition) is 3. The molecule has 9 heteroatoms. The van der Waals surface area contributed by atoms with Crippen LogP contribution in [-0.2, 0) is 9.59 Å². The molecule has 2 amide bonds. The van der Waals surface area contributed by atoms with E-state index >= 15 is 0 Å². The number of benzene rings is 1. The van der Waals surface area contributed by atoms with Gasteiger partial charge in [-0.2, -0.15) is 0 Å². The number of amides is 2. The maximum absolute atomic E-state index is 11.9. The van der Waals surface area contributed by atoms with E-state index in [9.17, 15) is 24.8 Å². The van der Waals surface area contributed by atoms with Crippen LogP contribution in [0.15, 0.2) is 30.0 Å². The molecule has 1 aliphatic heterocycles. The van der Waals surface area contributed by atoms with E-state index in [1.165, 1.54) is 0 Å². The van der Waals surface area contributed by atoms with Gasteiger partial charge in [0.15, 0.2) is 0 Å². The van der Waals surface area contributed by atoms with Gasteiger partial charge in [0.25, 0.3) is 17.5 Å². The van der Waals surface area contributed by atoms with Gasteiger partial charge in [0.05, 0.1) is 23.8 Å². The summed E-state index contributed by atoms with van der Waals surface area (Å²) >= 11 is 0. The Bertz CT molecular complexity index is 654. The second-order valence-electron chi connectivity index (χ2n) is 4.16. The molecule has 0 radical (unpaired) electrons. The standard InChI is InChI=1S/C12H11N3O6/c16-4-3-14-11(18)6-9(12(14)19)13-8-5-7(15(20)21)1-2-10(8)17/h1-2,5-6,13,16-17H,3-4H2. The third-order valence-corrected chi connectivity index (χ3v) is 2.79. The number of aromatic hydroxyl groups is 1. The number of carbonyl (C=O) groups excluding carboxylic acids is 2. The highest BCUT2D eigenvalue weighted by Crippen LogP contribution is 2.29. The number of imide groups is 1. The highest BCUT2D eigenvalue weighted by molar-refractivity contribution is 6.17. The summed E-state index contributed by atoms with van der Waals surface area (Å²) in [6.45, 7) is -0.527. The number of phenols is 1. The predicted molar refractivity (Wildman–Crippen MR) is 70.3 cm³/mol. The van der Waals surface area contributed by atoms with E-state index in [-0.39, 0.29) is 36.0 Å². The summed E-state index contributed by atoms with van der Waals surface area (Å²) in [7, 11) is 0. The Morgan fingerprint density at radius 2 is 2.05 bits per heavy atom. The minimum atomic E-state index is -0.681. The topological polar surface area (TPSA) is 133 Å². The first-order valence-corrected chi connectivity index (χ1v) is 5.87. The number of hydrogen-bond acceptors (Lipinski definition) is 7. The SMILES string of the molecule is O=C1C=C(Nc2cc([N+](=O)[O-])ccc2O)C(=O)N1CCO. The van der Waals surface area contributed by atoms with E-state index in [0.29, 0.717) is 0 Å². The predicted octanol–water partition coefficient (Wildman–Crippen LogP) is -0.0427. The summed E-state index contributed by atoms with van der Waals surface area (Å²) in [5.41, 5.74) is -0.480. The molecular formula is C12H11N3O6.